The van der Waals surface area contributed by atoms with Gasteiger partial charge < -0.3 is 15.4 Å². The van der Waals surface area contributed by atoms with Gasteiger partial charge in [-0.25, -0.2) is 0 Å². The first-order chi connectivity index (χ1) is 8.78. The molecule has 18 heavy (non-hydrogen) atoms. The molecular formula is C13H18N2OS2. The van der Waals surface area contributed by atoms with Gasteiger partial charge >= 0.3 is 0 Å². The Kier molecular flexibility index (Phi) is 5.28. The zero-order valence-corrected chi connectivity index (χ0v) is 12.1. The average molecular weight is 282 g/mol. The van der Waals surface area contributed by atoms with E-state index in [1.165, 1.54) is 4.90 Å². The zero-order valence-electron chi connectivity index (χ0n) is 10.4. The molecule has 1 aliphatic heterocycles. The van der Waals surface area contributed by atoms with Crippen LogP contribution in [0.15, 0.2) is 29.2 Å². The molecule has 98 valence electrons. The van der Waals surface area contributed by atoms with Crippen LogP contribution < -0.4 is 10.6 Å². The molecule has 0 saturated carbocycles. The van der Waals surface area contributed by atoms with Gasteiger partial charge in [0.25, 0.3) is 0 Å². The standard InChI is InChI=1S/C13H18N2OS2/c1-18-12-6-2-4-10(8-12)15-13(17)14-9-11-5-3-7-16-11/h2,4,6,8,11H,3,5,7,9H2,1H3,(H2,14,15,17). The molecule has 0 spiro atoms. The quantitative estimate of drug-likeness (QED) is 0.655. The van der Waals surface area contributed by atoms with E-state index in [4.69, 9.17) is 17.0 Å². The molecule has 1 aromatic rings. The summed E-state index contributed by atoms with van der Waals surface area (Å²) in [6, 6.07) is 8.21. The number of thiocarbonyl (C=S) groups is 1. The minimum Gasteiger partial charge on any atom is -0.376 e. The molecule has 2 N–H and O–H groups in total. The van der Waals surface area contributed by atoms with Gasteiger partial charge in [0, 0.05) is 23.7 Å². The molecule has 0 bridgehead atoms. The number of anilines is 1. The molecular weight excluding hydrogens is 264 g/mol. The van der Waals surface area contributed by atoms with Gasteiger partial charge in [-0.1, -0.05) is 6.07 Å². The fourth-order valence-electron chi connectivity index (χ4n) is 1.89. The van der Waals surface area contributed by atoms with Gasteiger partial charge in [-0.05, 0) is 49.5 Å². The Morgan fingerprint density at radius 1 is 1.56 bits per heavy atom. The Bertz CT molecular complexity index is 406. The van der Waals surface area contributed by atoms with Crippen molar-refractivity contribution in [3.63, 3.8) is 0 Å². The number of hydrogen-bond acceptors (Lipinski definition) is 3. The summed E-state index contributed by atoms with van der Waals surface area (Å²) in [6.07, 6.45) is 4.65. The highest BCUT2D eigenvalue weighted by atomic mass is 32.2. The van der Waals surface area contributed by atoms with E-state index in [1.54, 1.807) is 11.8 Å². The maximum Gasteiger partial charge on any atom is 0.170 e. The van der Waals surface area contributed by atoms with Crippen molar-refractivity contribution >= 4 is 34.8 Å². The minimum absolute atomic E-state index is 0.308. The third-order valence-corrected chi connectivity index (χ3v) is 3.81. The molecule has 0 aliphatic carbocycles. The van der Waals surface area contributed by atoms with Gasteiger partial charge in [-0.2, -0.15) is 0 Å². The lowest BCUT2D eigenvalue weighted by molar-refractivity contribution is 0.114. The molecule has 0 radical (unpaired) electrons. The van der Waals surface area contributed by atoms with E-state index >= 15 is 0 Å². The Hall–Kier alpha value is -0.780. The predicted octanol–water partition coefficient (Wildman–Crippen LogP) is 2.87. The van der Waals surface area contributed by atoms with Crippen LogP contribution in [0.2, 0.25) is 0 Å². The number of benzene rings is 1. The van der Waals surface area contributed by atoms with Gasteiger partial charge in [0.2, 0.25) is 0 Å². The van der Waals surface area contributed by atoms with Crippen LogP contribution in [0.1, 0.15) is 12.8 Å². The second kappa shape index (κ2) is 6.97. The van der Waals surface area contributed by atoms with Crippen LogP contribution in [0.3, 0.4) is 0 Å². The lowest BCUT2D eigenvalue weighted by atomic mass is 10.2. The van der Waals surface area contributed by atoms with Crippen molar-refractivity contribution in [2.75, 3.05) is 24.7 Å². The second-order valence-electron chi connectivity index (χ2n) is 4.20. The lowest BCUT2D eigenvalue weighted by Crippen LogP contribution is -2.34. The van der Waals surface area contributed by atoms with Gasteiger partial charge in [0.05, 0.1) is 6.10 Å². The molecule has 1 aromatic carbocycles. The van der Waals surface area contributed by atoms with Crippen LogP contribution in [0, 0.1) is 0 Å². The highest BCUT2D eigenvalue weighted by molar-refractivity contribution is 7.98. The van der Waals surface area contributed by atoms with Crippen molar-refractivity contribution in [2.24, 2.45) is 0 Å². The first-order valence-corrected chi connectivity index (χ1v) is 7.72. The summed E-state index contributed by atoms with van der Waals surface area (Å²) in [6.45, 7) is 1.66. The molecule has 1 aliphatic rings. The minimum atomic E-state index is 0.308. The first kappa shape index (κ1) is 13.6. The molecule has 1 unspecified atom stereocenters. The summed E-state index contributed by atoms with van der Waals surface area (Å²) in [5, 5.41) is 7.05. The van der Waals surface area contributed by atoms with E-state index < -0.39 is 0 Å². The molecule has 0 amide bonds. The maximum atomic E-state index is 5.54. The third-order valence-electron chi connectivity index (χ3n) is 2.84. The highest BCUT2D eigenvalue weighted by Crippen LogP contribution is 2.18. The summed E-state index contributed by atoms with van der Waals surface area (Å²) >= 11 is 6.99. The predicted molar refractivity (Wildman–Crippen MR) is 81.4 cm³/mol. The molecule has 2 rings (SSSR count). The van der Waals surface area contributed by atoms with Crippen LogP contribution in [-0.2, 0) is 4.74 Å². The van der Waals surface area contributed by atoms with Crippen LogP contribution in [0.25, 0.3) is 0 Å². The largest absolute Gasteiger partial charge is 0.376 e. The number of hydrogen-bond donors (Lipinski definition) is 2. The monoisotopic (exact) mass is 282 g/mol. The van der Waals surface area contributed by atoms with Crippen molar-refractivity contribution in [2.45, 2.75) is 23.8 Å². The number of thioether (sulfide) groups is 1. The number of nitrogens with one attached hydrogen (secondary N) is 2. The summed E-state index contributed by atoms with van der Waals surface area (Å²) in [7, 11) is 0. The average Bonchev–Trinajstić information content (AvgIpc) is 2.90. The van der Waals surface area contributed by atoms with E-state index in [0.29, 0.717) is 11.2 Å². The van der Waals surface area contributed by atoms with Crippen LogP contribution in [0.5, 0.6) is 0 Å². The van der Waals surface area contributed by atoms with Crippen LogP contribution >= 0.6 is 24.0 Å². The van der Waals surface area contributed by atoms with Crippen molar-refractivity contribution in [3.05, 3.63) is 24.3 Å². The smallest absolute Gasteiger partial charge is 0.170 e. The summed E-state index contributed by atoms with van der Waals surface area (Å²) < 4.78 is 5.54. The van der Waals surface area contributed by atoms with Crippen LogP contribution in [-0.4, -0.2) is 30.6 Å². The Balaban J connectivity index is 1.78. The van der Waals surface area contributed by atoms with E-state index in [9.17, 15) is 0 Å². The van der Waals surface area contributed by atoms with Crippen LogP contribution in [0.4, 0.5) is 5.69 Å². The Labute approximate surface area is 118 Å². The third kappa shape index (κ3) is 4.15. The number of rotatable bonds is 4. The van der Waals surface area contributed by atoms with E-state index in [0.717, 1.165) is 31.7 Å². The van der Waals surface area contributed by atoms with Gasteiger partial charge in [0.1, 0.15) is 0 Å². The molecule has 3 nitrogen and oxygen atoms in total. The van der Waals surface area contributed by atoms with Gasteiger partial charge in [-0.15, -0.1) is 11.8 Å². The van der Waals surface area contributed by atoms with Crippen molar-refractivity contribution in [3.8, 4) is 0 Å². The van der Waals surface area contributed by atoms with E-state index in [2.05, 4.69) is 29.0 Å². The SMILES string of the molecule is CSc1cccc(NC(=S)NCC2CCCO2)c1. The topological polar surface area (TPSA) is 33.3 Å². The summed E-state index contributed by atoms with van der Waals surface area (Å²) in [5.41, 5.74) is 1.02. The summed E-state index contributed by atoms with van der Waals surface area (Å²) in [4.78, 5) is 1.22. The molecule has 5 heteroatoms. The van der Waals surface area contributed by atoms with E-state index in [1.807, 2.05) is 12.1 Å². The Morgan fingerprint density at radius 3 is 3.17 bits per heavy atom. The fourth-order valence-corrected chi connectivity index (χ4v) is 2.55. The Morgan fingerprint density at radius 2 is 2.44 bits per heavy atom. The number of ether oxygens (including phenoxy) is 1. The van der Waals surface area contributed by atoms with Gasteiger partial charge in [0.15, 0.2) is 5.11 Å². The molecule has 1 fully saturated rings. The van der Waals surface area contributed by atoms with Crippen molar-refractivity contribution in [1.29, 1.82) is 0 Å². The summed E-state index contributed by atoms with van der Waals surface area (Å²) in [5.74, 6) is 0. The maximum absolute atomic E-state index is 5.54. The molecule has 0 aromatic heterocycles. The molecule has 1 heterocycles. The lowest BCUT2D eigenvalue weighted by Gasteiger charge is -2.14. The fraction of sp³-hybridized carbons (Fsp3) is 0.462. The second-order valence-corrected chi connectivity index (χ2v) is 5.49. The van der Waals surface area contributed by atoms with Gasteiger partial charge in [-0.3, -0.25) is 0 Å². The normalized spacial score (nSPS) is 18.6. The highest BCUT2D eigenvalue weighted by Gasteiger charge is 2.15. The molecule has 1 atom stereocenters. The van der Waals surface area contributed by atoms with Crippen molar-refractivity contribution < 1.29 is 4.74 Å². The first-order valence-electron chi connectivity index (χ1n) is 6.08. The zero-order chi connectivity index (χ0) is 12.8. The molecule has 1 saturated heterocycles. The van der Waals surface area contributed by atoms with Crippen molar-refractivity contribution in [1.82, 2.24) is 5.32 Å². The van der Waals surface area contributed by atoms with E-state index in [-0.39, 0.29) is 0 Å².